The Morgan fingerprint density at radius 1 is 1.33 bits per heavy atom. The third-order valence-corrected chi connectivity index (χ3v) is 4.56. The summed E-state index contributed by atoms with van der Waals surface area (Å²) in [5.41, 5.74) is 0.997. The van der Waals surface area contributed by atoms with Gasteiger partial charge >= 0.3 is 0 Å². The lowest BCUT2D eigenvalue weighted by atomic mass is 10.1. The van der Waals surface area contributed by atoms with Crippen LogP contribution in [-0.2, 0) is 0 Å². The number of halogens is 2. The number of hydrogen-bond donors (Lipinski definition) is 1. The Bertz CT molecular complexity index is 746. The van der Waals surface area contributed by atoms with E-state index in [9.17, 15) is 9.18 Å². The van der Waals surface area contributed by atoms with E-state index in [2.05, 4.69) is 20.9 Å². The van der Waals surface area contributed by atoms with Gasteiger partial charge < -0.3 is 4.98 Å². The van der Waals surface area contributed by atoms with Crippen LogP contribution in [0.3, 0.4) is 0 Å². The third kappa shape index (κ3) is 1.71. The van der Waals surface area contributed by atoms with Gasteiger partial charge in [0.25, 0.3) is 0 Å². The molecule has 2 nitrogen and oxygen atoms in total. The zero-order chi connectivity index (χ0) is 12.7. The van der Waals surface area contributed by atoms with E-state index in [1.54, 1.807) is 18.3 Å². The van der Waals surface area contributed by atoms with Gasteiger partial charge in [-0.1, -0.05) is 6.07 Å². The van der Waals surface area contributed by atoms with Crippen molar-refractivity contribution >= 4 is 44.0 Å². The van der Waals surface area contributed by atoms with E-state index in [4.69, 9.17) is 0 Å². The van der Waals surface area contributed by atoms with Gasteiger partial charge in [0.2, 0.25) is 5.78 Å². The van der Waals surface area contributed by atoms with E-state index >= 15 is 0 Å². The molecule has 0 aliphatic rings. The average molecular weight is 324 g/mol. The Kier molecular flexibility index (Phi) is 2.80. The third-order valence-electron chi connectivity index (χ3n) is 2.72. The fourth-order valence-corrected chi connectivity index (χ4v) is 3.40. The first-order chi connectivity index (χ1) is 8.68. The Balaban J connectivity index is 2.22. The van der Waals surface area contributed by atoms with E-state index in [0.29, 0.717) is 21.3 Å². The number of benzene rings is 1. The number of rotatable bonds is 2. The van der Waals surface area contributed by atoms with Crippen LogP contribution in [0.4, 0.5) is 4.39 Å². The summed E-state index contributed by atoms with van der Waals surface area (Å²) >= 11 is 4.66. The number of hydrogen-bond acceptors (Lipinski definition) is 2. The molecule has 1 N–H and O–H groups in total. The van der Waals surface area contributed by atoms with Gasteiger partial charge in [0.05, 0.1) is 10.4 Å². The molecule has 0 saturated carbocycles. The highest BCUT2D eigenvalue weighted by Gasteiger charge is 2.19. The lowest BCUT2D eigenvalue weighted by Crippen LogP contribution is -1.98. The summed E-state index contributed by atoms with van der Waals surface area (Å²) in [5, 5.41) is 2.17. The zero-order valence-electron chi connectivity index (χ0n) is 9.04. The topological polar surface area (TPSA) is 32.9 Å². The van der Waals surface area contributed by atoms with Gasteiger partial charge in [0.15, 0.2) is 0 Å². The van der Waals surface area contributed by atoms with Gasteiger partial charge in [-0.2, -0.15) is 0 Å². The van der Waals surface area contributed by atoms with Crippen LogP contribution >= 0.6 is 27.3 Å². The molecule has 3 rings (SSSR count). The molecule has 0 fully saturated rings. The van der Waals surface area contributed by atoms with Gasteiger partial charge in [-0.3, -0.25) is 4.79 Å². The SMILES string of the molecule is O=C(c1sccc1Br)c1c[nH]c2cccc(F)c12. The summed E-state index contributed by atoms with van der Waals surface area (Å²) in [5.74, 6) is -0.557. The second kappa shape index (κ2) is 4.33. The van der Waals surface area contributed by atoms with Crippen molar-refractivity contribution in [1.82, 2.24) is 4.98 Å². The molecule has 90 valence electrons. The van der Waals surface area contributed by atoms with Gasteiger partial charge in [-0.25, -0.2) is 4.39 Å². The molecule has 2 aromatic heterocycles. The lowest BCUT2D eigenvalue weighted by molar-refractivity contribution is 0.104. The fourth-order valence-electron chi connectivity index (χ4n) is 1.90. The van der Waals surface area contributed by atoms with Gasteiger partial charge in [-0.05, 0) is 39.5 Å². The summed E-state index contributed by atoms with van der Waals surface area (Å²) in [6, 6.07) is 6.53. The molecule has 0 saturated heterocycles. The number of nitrogens with one attached hydrogen (secondary N) is 1. The monoisotopic (exact) mass is 323 g/mol. The summed E-state index contributed by atoms with van der Waals surface area (Å²) < 4.78 is 14.5. The molecule has 0 radical (unpaired) electrons. The van der Waals surface area contributed by atoms with Crippen LogP contribution in [-0.4, -0.2) is 10.8 Å². The summed E-state index contributed by atoms with van der Waals surface area (Å²) in [4.78, 5) is 15.9. The molecule has 0 aliphatic heterocycles. The number of ketones is 1. The largest absolute Gasteiger partial charge is 0.360 e. The Morgan fingerprint density at radius 2 is 2.17 bits per heavy atom. The Labute approximate surface area is 115 Å². The highest BCUT2D eigenvalue weighted by molar-refractivity contribution is 9.10. The molecule has 1 aromatic carbocycles. The number of carbonyl (C=O) groups excluding carboxylic acids is 1. The van der Waals surface area contributed by atoms with Crippen molar-refractivity contribution in [3.8, 4) is 0 Å². The lowest BCUT2D eigenvalue weighted by Gasteiger charge is -1.98. The van der Waals surface area contributed by atoms with Crippen LogP contribution in [0.5, 0.6) is 0 Å². The first kappa shape index (κ1) is 11.6. The molecule has 0 amide bonds. The molecule has 0 unspecified atom stereocenters. The fraction of sp³-hybridized carbons (Fsp3) is 0. The van der Waals surface area contributed by atoms with E-state index in [1.165, 1.54) is 17.4 Å². The van der Waals surface area contributed by atoms with Crippen molar-refractivity contribution < 1.29 is 9.18 Å². The van der Waals surface area contributed by atoms with Crippen LogP contribution in [0, 0.1) is 5.82 Å². The minimum Gasteiger partial charge on any atom is -0.360 e. The highest BCUT2D eigenvalue weighted by Crippen LogP contribution is 2.29. The molecule has 3 aromatic rings. The highest BCUT2D eigenvalue weighted by atomic mass is 79.9. The van der Waals surface area contributed by atoms with Gasteiger partial charge in [-0.15, -0.1) is 11.3 Å². The second-order valence-corrected chi connectivity index (χ2v) is 5.56. The molecular weight excluding hydrogens is 317 g/mol. The van der Waals surface area contributed by atoms with Crippen molar-refractivity contribution in [3.05, 3.63) is 56.6 Å². The Hall–Kier alpha value is -1.46. The molecule has 0 aliphatic carbocycles. The van der Waals surface area contributed by atoms with Crippen molar-refractivity contribution in [2.24, 2.45) is 0 Å². The summed E-state index contributed by atoms with van der Waals surface area (Å²) in [6.07, 6.45) is 1.56. The van der Waals surface area contributed by atoms with Crippen molar-refractivity contribution in [2.45, 2.75) is 0 Å². The van der Waals surface area contributed by atoms with Crippen LogP contribution in [0.2, 0.25) is 0 Å². The van der Waals surface area contributed by atoms with Crippen molar-refractivity contribution in [1.29, 1.82) is 0 Å². The summed E-state index contributed by atoms with van der Waals surface area (Å²) in [7, 11) is 0. The number of aromatic nitrogens is 1. The first-order valence-electron chi connectivity index (χ1n) is 5.22. The molecule has 5 heteroatoms. The maximum atomic E-state index is 13.8. The number of carbonyl (C=O) groups is 1. The Morgan fingerprint density at radius 3 is 2.89 bits per heavy atom. The quantitative estimate of drug-likeness (QED) is 0.698. The van der Waals surface area contributed by atoms with E-state index in [0.717, 1.165) is 4.47 Å². The molecule has 0 atom stereocenters. The number of aromatic amines is 1. The maximum absolute atomic E-state index is 13.8. The molecule has 0 spiro atoms. The van der Waals surface area contributed by atoms with Crippen LogP contribution in [0.1, 0.15) is 15.2 Å². The van der Waals surface area contributed by atoms with Gasteiger partial charge in [0.1, 0.15) is 5.82 Å². The molecular formula is C13H7BrFNOS. The minimum absolute atomic E-state index is 0.173. The van der Waals surface area contributed by atoms with Crippen molar-refractivity contribution in [2.75, 3.05) is 0 Å². The molecule has 2 heterocycles. The smallest absolute Gasteiger partial charge is 0.206 e. The maximum Gasteiger partial charge on any atom is 0.206 e. The average Bonchev–Trinajstić information content (AvgIpc) is 2.95. The van der Waals surface area contributed by atoms with Gasteiger partial charge in [0, 0.05) is 21.6 Å². The van der Waals surface area contributed by atoms with Crippen LogP contribution in [0.25, 0.3) is 10.9 Å². The number of fused-ring (bicyclic) bond motifs is 1. The zero-order valence-corrected chi connectivity index (χ0v) is 11.4. The molecule has 18 heavy (non-hydrogen) atoms. The number of H-pyrrole nitrogens is 1. The van der Waals surface area contributed by atoms with E-state index in [-0.39, 0.29) is 11.6 Å². The van der Waals surface area contributed by atoms with E-state index < -0.39 is 0 Å². The standard InChI is InChI=1S/C13H7BrFNOS/c14-8-4-5-18-13(8)12(17)7-6-16-10-3-1-2-9(15)11(7)10/h1-6,16H. The predicted molar refractivity (Wildman–Crippen MR) is 73.7 cm³/mol. The van der Waals surface area contributed by atoms with Crippen LogP contribution in [0.15, 0.2) is 40.3 Å². The summed E-state index contributed by atoms with van der Waals surface area (Å²) in [6.45, 7) is 0. The number of thiophene rings is 1. The van der Waals surface area contributed by atoms with E-state index in [1.807, 2.05) is 11.4 Å². The predicted octanol–water partition coefficient (Wildman–Crippen LogP) is 4.36. The van der Waals surface area contributed by atoms with Crippen molar-refractivity contribution in [3.63, 3.8) is 0 Å². The van der Waals surface area contributed by atoms with Crippen LogP contribution < -0.4 is 0 Å². The first-order valence-corrected chi connectivity index (χ1v) is 6.89. The molecule has 0 bridgehead atoms. The minimum atomic E-state index is -0.384. The normalized spacial score (nSPS) is 11.0. The second-order valence-electron chi connectivity index (χ2n) is 3.79.